The molecule has 0 amide bonds. The van der Waals surface area contributed by atoms with Gasteiger partial charge in [0.25, 0.3) is 0 Å². The van der Waals surface area contributed by atoms with Gasteiger partial charge >= 0.3 is 5.97 Å². The van der Waals surface area contributed by atoms with Gasteiger partial charge in [0, 0.05) is 11.3 Å². The minimum Gasteiger partial charge on any atom is -0.359 e. The van der Waals surface area contributed by atoms with Crippen LogP contribution in [0, 0.1) is 0 Å². The van der Waals surface area contributed by atoms with Crippen molar-refractivity contribution < 1.29 is 19.1 Å². The third kappa shape index (κ3) is 4.16. The van der Waals surface area contributed by atoms with Crippen molar-refractivity contribution in [2.24, 2.45) is 5.28 Å². The van der Waals surface area contributed by atoms with Gasteiger partial charge in [-0.2, -0.15) is 0 Å². The summed E-state index contributed by atoms with van der Waals surface area (Å²) in [6.45, 7) is 4.08. The molecule has 7 heteroatoms. The van der Waals surface area contributed by atoms with Crippen molar-refractivity contribution >= 4 is 5.97 Å². The van der Waals surface area contributed by atoms with E-state index in [1.165, 1.54) is 0 Å². The molecule has 1 saturated heterocycles. The number of hydrogen-bond acceptors (Lipinski definition) is 5. The lowest BCUT2D eigenvalue weighted by molar-refractivity contribution is -0.148. The first-order valence-corrected chi connectivity index (χ1v) is 4.59. The van der Waals surface area contributed by atoms with E-state index in [0.717, 1.165) is 0 Å². The largest absolute Gasteiger partial charge is 0.359 e. The Kier molecular flexibility index (Phi) is 3.90. The minimum absolute atomic E-state index is 0.112. The lowest BCUT2D eigenvalue weighted by Crippen LogP contribution is -2.21. The predicted octanol–water partition coefficient (Wildman–Crippen LogP) is 1.69. The van der Waals surface area contributed by atoms with Gasteiger partial charge in [-0.1, -0.05) is 0 Å². The summed E-state index contributed by atoms with van der Waals surface area (Å²) < 4.78 is 10.8. The van der Waals surface area contributed by atoms with Gasteiger partial charge in [0.2, 0.25) is 0 Å². The maximum Gasteiger partial charge on any atom is 0.317 e. The van der Waals surface area contributed by atoms with Crippen LogP contribution in [-0.4, -0.2) is 24.5 Å². The Bertz CT molecular complexity index is 286. The van der Waals surface area contributed by atoms with Crippen LogP contribution in [0.25, 0.3) is 10.4 Å². The molecule has 1 fully saturated rings. The van der Waals surface area contributed by atoms with Crippen LogP contribution < -0.4 is 0 Å². The van der Waals surface area contributed by atoms with Crippen LogP contribution in [0.2, 0.25) is 0 Å². The Morgan fingerprint density at radius 3 is 3.00 bits per heavy atom. The molecular weight excluding hydrogens is 202 g/mol. The first-order valence-electron chi connectivity index (χ1n) is 4.59. The van der Waals surface area contributed by atoms with E-state index in [1.807, 2.05) is 13.8 Å². The quantitative estimate of drug-likeness (QED) is 0.308. The number of carbonyl (C=O) groups excluding carboxylic acids is 1. The molecule has 0 aromatic carbocycles. The van der Waals surface area contributed by atoms with E-state index >= 15 is 0 Å². The summed E-state index contributed by atoms with van der Waals surface area (Å²) >= 11 is 0. The van der Waals surface area contributed by atoms with Gasteiger partial charge in [0.05, 0.1) is 12.7 Å². The normalized spacial score (nSPS) is 23.2. The van der Waals surface area contributed by atoms with Crippen molar-refractivity contribution in [2.75, 3.05) is 6.61 Å². The lowest BCUT2D eigenvalue weighted by Gasteiger charge is -2.16. The van der Waals surface area contributed by atoms with E-state index in [-0.39, 0.29) is 12.5 Å². The van der Waals surface area contributed by atoms with E-state index in [0.29, 0.717) is 13.0 Å². The molecule has 0 aromatic heterocycles. The van der Waals surface area contributed by atoms with Gasteiger partial charge < -0.3 is 14.3 Å². The van der Waals surface area contributed by atoms with E-state index in [1.54, 1.807) is 0 Å². The standard InChI is InChI=1S/C8H13N3O4/c1-8(2)13-5-6(14-8)3-4-7(12)15-11-10-9/h6H,3-5H2,1-2H3. The average molecular weight is 215 g/mol. The Labute approximate surface area is 86.9 Å². The maximum absolute atomic E-state index is 10.9. The fourth-order valence-electron chi connectivity index (χ4n) is 1.29. The second-order valence-electron chi connectivity index (χ2n) is 3.62. The molecule has 15 heavy (non-hydrogen) atoms. The van der Waals surface area contributed by atoms with Gasteiger partial charge in [-0.05, 0) is 25.8 Å². The Morgan fingerprint density at radius 1 is 1.73 bits per heavy atom. The van der Waals surface area contributed by atoms with Crippen LogP contribution in [-0.2, 0) is 19.1 Å². The zero-order chi connectivity index (χ0) is 11.3. The molecule has 84 valence electrons. The first-order chi connectivity index (χ1) is 7.03. The summed E-state index contributed by atoms with van der Waals surface area (Å²) in [5.41, 5.74) is 7.90. The molecule has 1 aliphatic heterocycles. The van der Waals surface area contributed by atoms with Crippen LogP contribution in [0.4, 0.5) is 0 Å². The highest BCUT2D eigenvalue weighted by atomic mass is 16.7. The fourth-order valence-corrected chi connectivity index (χ4v) is 1.29. The molecule has 1 aliphatic rings. The molecule has 1 rings (SSSR count). The molecule has 0 bridgehead atoms. The van der Waals surface area contributed by atoms with Crippen LogP contribution in [0.15, 0.2) is 5.28 Å². The third-order valence-corrected chi connectivity index (χ3v) is 1.92. The van der Waals surface area contributed by atoms with E-state index in [9.17, 15) is 4.79 Å². The summed E-state index contributed by atoms with van der Waals surface area (Å²) in [6.07, 6.45) is 0.519. The van der Waals surface area contributed by atoms with Gasteiger partial charge in [-0.25, -0.2) is 0 Å². The topological polar surface area (TPSA) is 93.5 Å². The molecular formula is C8H13N3O4. The highest BCUT2D eigenvalue weighted by Gasteiger charge is 2.32. The van der Waals surface area contributed by atoms with Crippen molar-refractivity contribution in [2.45, 2.75) is 38.6 Å². The summed E-state index contributed by atoms with van der Waals surface area (Å²) in [5.74, 6) is -1.15. The number of azide groups is 1. The SMILES string of the molecule is CC1(C)OCC(CCC(=O)ON=[N+]=[N-])O1. The zero-order valence-corrected chi connectivity index (χ0v) is 8.67. The summed E-state index contributed by atoms with van der Waals surface area (Å²) in [4.78, 5) is 17.4. The second kappa shape index (κ2) is 4.97. The Balaban J connectivity index is 2.21. The van der Waals surface area contributed by atoms with Gasteiger partial charge in [0.1, 0.15) is 5.28 Å². The first kappa shape index (κ1) is 11.8. The van der Waals surface area contributed by atoms with Crippen LogP contribution in [0.5, 0.6) is 0 Å². The van der Waals surface area contributed by atoms with Crippen molar-refractivity contribution in [3.63, 3.8) is 0 Å². The molecule has 0 aliphatic carbocycles. The van der Waals surface area contributed by atoms with Crippen LogP contribution >= 0.6 is 0 Å². The molecule has 7 nitrogen and oxygen atoms in total. The second-order valence-corrected chi connectivity index (χ2v) is 3.62. The molecule has 0 aromatic rings. The Morgan fingerprint density at radius 2 is 2.47 bits per heavy atom. The molecule has 1 heterocycles. The molecule has 1 atom stereocenters. The minimum atomic E-state index is -0.584. The number of hydrogen-bond donors (Lipinski definition) is 0. The third-order valence-electron chi connectivity index (χ3n) is 1.92. The van der Waals surface area contributed by atoms with Gasteiger partial charge in [-0.15, -0.1) is 0 Å². The zero-order valence-electron chi connectivity index (χ0n) is 8.67. The van der Waals surface area contributed by atoms with Gasteiger partial charge in [0.15, 0.2) is 5.79 Å². The van der Waals surface area contributed by atoms with E-state index in [4.69, 9.17) is 15.0 Å². The molecule has 0 radical (unpaired) electrons. The average Bonchev–Trinajstić information content (AvgIpc) is 2.52. The fraction of sp³-hybridized carbons (Fsp3) is 0.875. The summed E-state index contributed by atoms with van der Waals surface area (Å²) in [7, 11) is 0. The monoisotopic (exact) mass is 215 g/mol. The number of rotatable bonds is 4. The number of carbonyl (C=O) groups is 1. The number of nitrogens with zero attached hydrogens (tertiary/aromatic N) is 3. The van der Waals surface area contributed by atoms with Crippen molar-refractivity contribution in [1.29, 1.82) is 0 Å². The van der Waals surface area contributed by atoms with E-state index < -0.39 is 11.8 Å². The molecule has 0 saturated carbocycles. The lowest BCUT2D eigenvalue weighted by atomic mass is 10.2. The van der Waals surface area contributed by atoms with Crippen LogP contribution in [0.1, 0.15) is 26.7 Å². The Hall–Kier alpha value is -1.30. The maximum atomic E-state index is 10.9. The highest BCUT2D eigenvalue weighted by molar-refractivity contribution is 5.69. The van der Waals surface area contributed by atoms with Crippen molar-refractivity contribution in [3.8, 4) is 0 Å². The smallest absolute Gasteiger partial charge is 0.317 e. The summed E-state index contributed by atoms with van der Waals surface area (Å²) in [6, 6.07) is 0. The van der Waals surface area contributed by atoms with Gasteiger partial charge in [-0.3, -0.25) is 4.79 Å². The molecule has 1 unspecified atom stereocenters. The predicted molar refractivity (Wildman–Crippen MR) is 49.4 cm³/mol. The van der Waals surface area contributed by atoms with Crippen molar-refractivity contribution in [1.82, 2.24) is 0 Å². The molecule has 0 N–H and O–H groups in total. The molecule has 0 spiro atoms. The van der Waals surface area contributed by atoms with Crippen molar-refractivity contribution in [3.05, 3.63) is 10.4 Å². The highest BCUT2D eigenvalue weighted by Crippen LogP contribution is 2.24. The van der Waals surface area contributed by atoms with E-state index in [2.05, 4.69) is 15.0 Å². The number of ether oxygens (including phenoxy) is 2. The van der Waals surface area contributed by atoms with Crippen LogP contribution in [0.3, 0.4) is 0 Å². The summed E-state index contributed by atoms with van der Waals surface area (Å²) in [5, 5.41) is 2.70.